The lowest BCUT2D eigenvalue weighted by molar-refractivity contribution is -0.137. The summed E-state index contributed by atoms with van der Waals surface area (Å²) < 4.78 is -1.15. The highest BCUT2D eigenvalue weighted by Gasteiger charge is 2.48. The third kappa shape index (κ3) is 3.39. The van der Waals surface area contributed by atoms with Crippen molar-refractivity contribution in [1.29, 1.82) is 0 Å². The van der Waals surface area contributed by atoms with Crippen LogP contribution in [-0.2, 0) is 9.59 Å². The van der Waals surface area contributed by atoms with Gasteiger partial charge in [-0.1, -0.05) is 41.6 Å². The molecule has 1 atom stereocenters. The second kappa shape index (κ2) is 7.09. The number of para-hydroxylation sites is 1. The molecule has 0 aromatic heterocycles. The van der Waals surface area contributed by atoms with Gasteiger partial charge in [-0.15, -0.1) is 0 Å². The number of rotatable bonds is 2. The number of hydrogen-bond donors (Lipinski definition) is 1. The molecule has 1 fully saturated rings. The van der Waals surface area contributed by atoms with Crippen LogP contribution in [0.3, 0.4) is 0 Å². The molecule has 0 saturated carbocycles. The Labute approximate surface area is 167 Å². The lowest BCUT2D eigenvalue weighted by atomic mass is 10.1. The molecule has 2 heterocycles. The molecule has 1 saturated heterocycles. The third-order valence-corrected chi connectivity index (χ3v) is 6.61. The standard InChI is InChI=1S/C20H20ClN3O2S/c1-20(18(25)22-16-7-2-3-8-17(16)27-20)19(26)24-11-9-23(10-12-24)15-6-4-5-14(21)13-15/h2-8,13H,9-12H2,1H3,(H,22,25). The van der Waals surface area contributed by atoms with Gasteiger partial charge in [0, 0.05) is 41.8 Å². The number of nitrogens with zero attached hydrogens (tertiary/aromatic N) is 2. The van der Waals surface area contributed by atoms with Crippen LogP contribution in [0.2, 0.25) is 5.02 Å². The van der Waals surface area contributed by atoms with Gasteiger partial charge in [-0.25, -0.2) is 0 Å². The monoisotopic (exact) mass is 401 g/mol. The van der Waals surface area contributed by atoms with Gasteiger partial charge < -0.3 is 15.1 Å². The third-order valence-electron chi connectivity index (χ3n) is 5.03. The molecular weight excluding hydrogens is 382 g/mol. The van der Waals surface area contributed by atoms with E-state index in [0.717, 1.165) is 16.3 Å². The van der Waals surface area contributed by atoms with Crippen molar-refractivity contribution in [1.82, 2.24) is 4.90 Å². The van der Waals surface area contributed by atoms with Crippen LogP contribution in [0.25, 0.3) is 0 Å². The van der Waals surface area contributed by atoms with Crippen LogP contribution in [0.15, 0.2) is 53.4 Å². The van der Waals surface area contributed by atoms with E-state index in [0.29, 0.717) is 31.2 Å². The molecule has 140 valence electrons. The average molecular weight is 402 g/mol. The van der Waals surface area contributed by atoms with Crippen molar-refractivity contribution in [3.63, 3.8) is 0 Å². The number of carbonyl (C=O) groups excluding carboxylic acids is 2. The first-order valence-electron chi connectivity index (χ1n) is 8.87. The topological polar surface area (TPSA) is 52.7 Å². The lowest BCUT2D eigenvalue weighted by Crippen LogP contribution is -2.58. The molecule has 4 rings (SSSR count). The van der Waals surface area contributed by atoms with E-state index in [1.54, 1.807) is 11.8 Å². The minimum absolute atomic E-state index is 0.134. The van der Waals surface area contributed by atoms with E-state index in [1.807, 2.05) is 48.5 Å². The number of thioether (sulfide) groups is 1. The predicted molar refractivity (Wildman–Crippen MR) is 110 cm³/mol. The van der Waals surface area contributed by atoms with Crippen molar-refractivity contribution >= 4 is 46.6 Å². The van der Waals surface area contributed by atoms with Crippen molar-refractivity contribution < 1.29 is 9.59 Å². The molecule has 5 nitrogen and oxygen atoms in total. The second-order valence-electron chi connectivity index (χ2n) is 6.84. The van der Waals surface area contributed by atoms with Gasteiger partial charge in [0.15, 0.2) is 4.75 Å². The summed E-state index contributed by atoms with van der Waals surface area (Å²) >= 11 is 7.42. The van der Waals surface area contributed by atoms with Crippen LogP contribution in [0, 0.1) is 0 Å². The van der Waals surface area contributed by atoms with Gasteiger partial charge in [0.1, 0.15) is 0 Å². The number of nitrogens with one attached hydrogen (secondary N) is 1. The molecule has 1 unspecified atom stereocenters. The molecule has 2 amide bonds. The van der Waals surface area contributed by atoms with E-state index in [1.165, 1.54) is 11.8 Å². The summed E-state index contributed by atoms with van der Waals surface area (Å²) in [6.07, 6.45) is 0. The molecule has 2 aliphatic rings. The van der Waals surface area contributed by atoms with Gasteiger partial charge in [0.2, 0.25) is 11.8 Å². The summed E-state index contributed by atoms with van der Waals surface area (Å²) in [7, 11) is 0. The summed E-state index contributed by atoms with van der Waals surface area (Å²) in [6.45, 7) is 4.30. The zero-order chi connectivity index (χ0) is 19.0. The zero-order valence-electron chi connectivity index (χ0n) is 14.9. The quantitative estimate of drug-likeness (QED) is 0.782. The Morgan fingerprint density at radius 3 is 2.59 bits per heavy atom. The Morgan fingerprint density at radius 1 is 1.11 bits per heavy atom. The zero-order valence-corrected chi connectivity index (χ0v) is 16.5. The molecule has 0 radical (unpaired) electrons. The van der Waals surface area contributed by atoms with E-state index in [9.17, 15) is 9.59 Å². The number of piperazine rings is 1. The number of fused-ring (bicyclic) bond motifs is 1. The number of carbonyl (C=O) groups is 2. The number of anilines is 2. The number of amides is 2. The van der Waals surface area contributed by atoms with E-state index in [4.69, 9.17) is 11.6 Å². The van der Waals surface area contributed by atoms with Crippen molar-refractivity contribution in [2.75, 3.05) is 36.4 Å². The van der Waals surface area contributed by atoms with Crippen molar-refractivity contribution in [2.45, 2.75) is 16.6 Å². The van der Waals surface area contributed by atoms with Gasteiger partial charge in [-0.3, -0.25) is 9.59 Å². The Kier molecular flexibility index (Phi) is 4.78. The Hall–Kier alpha value is -2.18. The molecule has 2 aliphatic heterocycles. The second-order valence-corrected chi connectivity index (χ2v) is 8.74. The Morgan fingerprint density at radius 2 is 1.85 bits per heavy atom. The first-order chi connectivity index (χ1) is 13.0. The minimum Gasteiger partial charge on any atom is -0.368 e. The van der Waals surface area contributed by atoms with Crippen LogP contribution in [-0.4, -0.2) is 47.6 Å². The van der Waals surface area contributed by atoms with E-state index in [-0.39, 0.29) is 11.8 Å². The smallest absolute Gasteiger partial charge is 0.250 e. The lowest BCUT2D eigenvalue weighted by Gasteiger charge is -2.41. The van der Waals surface area contributed by atoms with Gasteiger partial charge >= 0.3 is 0 Å². The first kappa shape index (κ1) is 18.2. The largest absolute Gasteiger partial charge is 0.368 e. The van der Waals surface area contributed by atoms with Gasteiger partial charge in [-0.2, -0.15) is 0 Å². The fraction of sp³-hybridized carbons (Fsp3) is 0.300. The molecule has 0 bridgehead atoms. The van der Waals surface area contributed by atoms with Gasteiger partial charge in [-0.05, 0) is 37.3 Å². The molecule has 0 aliphatic carbocycles. The van der Waals surface area contributed by atoms with Crippen molar-refractivity contribution in [3.05, 3.63) is 53.6 Å². The number of halogens is 1. The normalized spacial score (nSPS) is 22.2. The van der Waals surface area contributed by atoms with Crippen LogP contribution in [0.5, 0.6) is 0 Å². The van der Waals surface area contributed by atoms with E-state index >= 15 is 0 Å². The number of hydrogen-bond acceptors (Lipinski definition) is 4. The first-order valence-corrected chi connectivity index (χ1v) is 10.1. The summed E-state index contributed by atoms with van der Waals surface area (Å²) in [4.78, 5) is 30.8. The fourth-order valence-electron chi connectivity index (χ4n) is 3.45. The Bertz CT molecular complexity index is 898. The molecule has 2 aromatic carbocycles. The summed E-state index contributed by atoms with van der Waals surface area (Å²) in [5.74, 6) is -0.390. The van der Waals surface area contributed by atoms with Crippen molar-refractivity contribution in [3.8, 4) is 0 Å². The number of benzene rings is 2. The van der Waals surface area contributed by atoms with Gasteiger partial charge in [0.25, 0.3) is 0 Å². The van der Waals surface area contributed by atoms with Crippen LogP contribution >= 0.6 is 23.4 Å². The maximum absolute atomic E-state index is 13.2. The van der Waals surface area contributed by atoms with Gasteiger partial charge in [0.05, 0.1) is 5.69 Å². The Balaban J connectivity index is 1.47. The molecule has 0 spiro atoms. The SMILES string of the molecule is CC1(C(=O)N2CCN(c3cccc(Cl)c3)CC2)Sc2ccccc2NC1=O. The molecule has 2 aromatic rings. The predicted octanol–water partition coefficient (Wildman–Crippen LogP) is 3.49. The maximum Gasteiger partial charge on any atom is 0.250 e. The maximum atomic E-state index is 13.2. The van der Waals surface area contributed by atoms with E-state index < -0.39 is 4.75 Å². The molecular formula is C20H20ClN3O2S. The van der Waals surface area contributed by atoms with Crippen LogP contribution in [0.4, 0.5) is 11.4 Å². The van der Waals surface area contributed by atoms with Crippen LogP contribution in [0.1, 0.15) is 6.92 Å². The summed E-state index contributed by atoms with van der Waals surface area (Å²) in [5.41, 5.74) is 1.82. The van der Waals surface area contributed by atoms with E-state index in [2.05, 4.69) is 10.2 Å². The summed E-state index contributed by atoms with van der Waals surface area (Å²) in [6, 6.07) is 15.3. The fourth-order valence-corrected chi connectivity index (χ4v) is 4.81. The van der Waals surface area contributed by atoms with Crippen molar-refractivity contribution in [2.24, 2.45) is 0 Å². The average Bonchev–Trinajstić information content (AvgIpc) is 2.68. The minimum atomic E-state index is -1.15. The highest BCUT2D eigenvalue weighted by molar-refractivity contribution is 8.02. The molecule has 1 N–H and O–H groups in total. The van der Waals surface area contributed by atoms with Crippen LogP contribution < -0.4 is 10.2 Å². The highest BCUT2D eigenvalue weighted by atomic mass is 35.5. The molecule has 7 heteroatoms. The highest BCUT2D eigenvalue weighted by Crippen LogP contribution is 2.43. The molecule has 27 heavy (non-hydrogen) atoms. The summed E-state index contributed by atoms with van der Waals surface area (Å²) in [5, 5.41) is 3.58.